The van der Waals surface area contributed by atoms with Gasteiger partial charge in [0.25, 0.3) is 5.91 Å². The van der Waals surface area contributed by atoms with Crippen molar-refractivity contribution in [1.82, 2.24) is 30.0 Å². The number of aromatic nitrogens is 2. The van der Waals surface area contributed by atoms with Crippen LogP contribution >= 0.6 is 0 Å². The fraction of sp³-hybridized carbons (Fsp3) is 0.500. The molecule has 3 N–H and O–H groups in total. The summed E-state index contributed by atoms with van der Waals surface area (Å²) in [4.78, 5) is 64.4. The Hall–Kier alpha value is -4.10. The third-order valence-electron chi connectivity index (χ3n) is 7.04. The van der Waals surface area contributed by atoms with Gasteiger partial charge in [0.1, 0.15) is 11.7 Å². The van der Waals surface area contributed by atoms with Gasteiger partial charge in [-0.1, -0.05) is 30.3 Å². The summed E-state index contributed by atoms with van der Waals surface area (Å²) in [6.07, 6.45) is -0.625. The van der Waals surface area contributed by atoms with E-state index in [1.165, 1.54) is 9.80 Å². The SMILES string of the molecule is CCOC(=O)N1CCN(C(=O)C(CCC(=O)O)NC(=O)c2cc(CN3CCC(O)C3)nc(-c3ccccc3)n2)CC1. The number of benzene rings is 1. The number of likely N-dealkylation sites (tertiary alicyclic amines) is 1. The second kappa shape index (κ2) is 14.0. The van der Waals surface area contributed by atoms with Gasteiger partial charge in [-0.3, -0.25) is 19.3 Å². The van der Waals surface area contributed by atoms with Crippen LogP contribution in [-0.4, -0.2) is 117 Å². The topological polar surface area (TPSA) is 166 Å². The summed E-state index contributed by atoms with van der Waals surface area (Å²) in [5.74, 6) is -1.79. The molecule has 0 spiro atoms. The van der Waals surface area contributed by atoms with Crippen molar-refractivity contribution in [3.8, 4) is 11.4 Å². The van der Waals surface area contributed by atoms with E-state index in [4.69, 9.17) is 4.74 Å². The van der Waals surface area contributed by atoms with Gasteiger partial charge >= 0.3 is 12.1 Å². The molecule has 41 heavy (non-hydrogen) atoms. The maximum atomic E-state index is 13.5. The predicted molar refractivity (Wildman–Crippen MR) is 147 cm³/mol. The number of nitrogens with one attached hydrogen (secondary N) is 1. The second-order valence-electron chi connectivity index (χ2n) is 10.1. The maximum Gasteiger partial charge on any atom is 0.409 e. The molecule has 2 aliphatic rings. The van der Waals surface area contributed by atoms with Gasteiger partial charge in [-0.15, -0.1) is 0 Å². The zero-order valence-corrected chi connectivity index (χ0v) is 23.1. The predicted octanol–water partition coefficient (Wildman–Crippen LogP) is 0.974. The summed E-state index contributed by atoms with van der Waals surface area (Å²) in [5.41, 5.74) is 1.35. The lowest BCUT2D eigenvalue weighted by molar-refractivity contribution is -0.138. The van der Waals surface area contributed by atoms with Crippen molar-refractivity contribution < 1.29 is 34.1 Å². The second-order valence-corrected chi connectivity index (χ2v) is 10.1. The van der Waals surface area contributed by atoms with E-state index in [2.05, 4.69) is 15.3 Å². The van der Waals surface area contributed by atoms with Crippen LogP contribution in [0.1, 0.15) is 42.4 Å². The minimum absolute atomic E-state index is 0.0499. The van der Waals surface area contributed by atoms with E-state index in [0.29, 0.717) is 43.1 Å². The first-order chi connectivity index (χ1) is 19.7. The Morgan fingerprint density at radius 2 is 1.76 bits per heavy atom. The molecule has 2 aromatic rings. The number of aliphatic hydroxyl groups is 1. The average Bonchev–Trinajstić information content (AvgIpc) is 3.39. The van der Waals surface area contributed by atoms with Gasteiger partial charge in [-0.25, -0.2) is 14.8 Å². The number of carbonyl (C=O) groups excluding carboxylic acids is 3. The Morgan fingerprint density at radius 1 is 1.05 bits per heavy atom. The first kappa shape index (κ1) is 29.9. The van der Waals surface area contributed by atoms with Crippen LogP contribution in [0.4, 0.5) is 4.79 Å². The van der Waals surface area contributed by atoms with Crippen molar-refractivity contribution in [2.24, 2.45) is 0 Å². The molecule has 0 saturated carbocycles. The highest BCUT2D eigenvalue weighted by Gasteiger charge is 2.31. The number of carboxylic acids is 1. The minimum atomic E-state index is -1.10. The molecule has 2 atom stereocenters. The molecule has 13 nitrogen and oxygen atoms in total. The summed E-state index contributed by atoms with van der Waals surface area (Å²) in [7, 11) is 0. The number of aliphatic hydroxyl groups excluding tert-OH is 1. The number of nitrogens with zero attached hydrogens (tertiary/aromatic N) is 5. The van der Waals surface area contributed by atoms with Crippen molar-refractivity contribution in [2.75, 3.05) is 45.9 Å². The van der Waals surface area contributed by atoms with E-state index in [9.17, 15) is 29.4 Å². The van der Waals surface area contributed by atoms with Crippen LogP contribution < -0.4 is 5.32 Å². The number of hydrogen-bond acceptors (Lipinski definition) is 9. The number of carbonyl (C=O) groups is 4. The van der Waals surface area contributed by atoms with Gasteiger partial charge in [-0.05, 0) is 25.8 Å². The highest BCUT2D eigenvalue weighted by atomic mass is 16.6. The smallest absolute Gasteiger partial charge is 0.409 e. The van der Waals surface area contributed by atoms with Crippen LogP contribution in [0.2, 0.25) is 0 Å². The first-order valence-electron chi connectivity index (χ1n) is 13.8. The lowest BCUT2D eigenvalue weighted by atomic mass is 10.1. The molecule has 2 fully saturated rings. The van der Waals surface area contributed by atoms with Crippen LogP contribution in [0.25, 0.3) is 11.4 Å². The summed E-state index contributed by atoms with van der Waals surface area (Å²) in [5, 5.41) is 21.9. The highest BCUT2D eigenvalue weighted by Crippen LogP contribution is 2.19. The number of ether oxygens (including phenoxy) is 1. The molecular weight excluding hydrogens is 532 g/mol. The molecule has 3 heterocycles. The number of hydrogen-bond donors (Lipinski definition) is 3. The standard InChI is InChI=1S/C28H36N6O7/c1-2-41-28(40)34-14-12-33(13-15-34)27(39)22(8-9-24(36)37)31-26(38)23-16-20(17-32-11-10-21(35)18-32)29-25(30-23)19-6-4-3-5-7-19/h3-7,16,21-22,35H,2,8-15,17-18H2,1H3,(H,31,38)(H,36,37). The molecule has 0 radical (unpaired) electrons. The number of amides is 3. The Kier molecular flexibility index (Phi) is 10.2. The lowest BCUT2D eigenvalue weighted by Crippen LogP contribution is -2.56. The van der Waals surface area contributed by atoms with E-state index in [0.717, 1.165) is 0 Å². The Labute approximate surface area is 238 Å². The van der Waals surface area contributed by atoms with Gasteiger partial charge in [-0.2, -0.15) is 0 Å². The van der Waals surface area contributed by atoms with Gasteiger partial charge in [0.05, 0.1) is 18.4 Å². The summed E-state index contributed by atoms with van der Waals surface area (Å²) in [6, 6.07) is 9.65. The average molecular weight is 569 g/mol. The molecule has 220 valence electrons. The Morgan fingerprint density at radius 3 is 2.39 bits per heavy atom. The highest BCUT2D eigenvalue weighted by molar-refractivity contribution is 5.96. The summed E-state index contributed by atoms with van der Waals surface area (Å²) in [6.45, 7) is 4.57. The molecule has 3 amide bonds. The third-order valence-corrected chi connectivity index (χ3v) is 7.04. The maximum absolute atomic E-state index is 13.5. The van der Waals surface area contributed by atoms with E-state index in [1.54, 1.807) is 13.0 Å². The number of rotatable bonds is 10. The first-order valence-corrected chi connectivity index (χ1v) is 13.8. The van der Waals surface area contributed by atoms with Gasteiger partial charge in [0.15, 0.2) is 5.82 Å². The van der Waals surface area contributed by atoms with Crippen molar-refractivity contribution in [3.63, 3.8) is 0 Å². The van der Waals surface area contributed by atoms with Gasteiger partial charge < -0.3 is 30.1 Å². The molecular formula is C28H36N6O7. The molecule has 2 saturated heterocycles. The number of piperazine rings is 1. The van der Waals surface area contributed by atoms with E-state index in [1.807, 2.05) is 35.2 Å². The van der Waals surface area contributed by atoms with Crippen molar-refractivity contribution in [1.29, 1.82) is 0 Å². The molecule has 4 rings (SSSR count). The molecule has 13 heteroatoms. The van der Waals surface area contributed by atoms with Crippen molar-refractivity contribution in [3.05, 3.63) is 47.8 Å². The summed E-state index contributed by atoms with van der Waals surface area (Å²) >= 11 is 0. The summed E-state index contributed by atoms with van der Waals surface area (Å²) < 4.78 is 5.02. The van der Waals surface area contributed by atoms with Crippen molar-refractivity contribution >= 4 is 23.9 Å². The molecule has 0 aliphatic carbocycles. The normalized spacial score (nSPS) is 18.1. The molecule has 1 aromatic heterocycles. The van der Waals surface area contributed by atoms with E-state index >= 15 is 0 Å². The van der Waals surface area contributed by atoms with Gasteiger partial charge in [0, 0.05) is 57.8 Å². The molecule has 2 unspecified atom stereocenters. The molecule has 0 bridgehead atoms. The van der Waals surface area contributed by atoms with Crippen molar-refractivity contribution in [2.45, 2.75) is 44.9 Å². The lowest BCUT2D eigenvalue weighted by Gasteiger charge is -2.35. The zero-order valence-electron chi connectivity index (χ0n) is 23.1. The van der Waals surface area contributed by atoms with Crippen LogP contribution in [0.5, 0.6) is 0 Å². The number of aliphatic carboxylic acids is 1. The van der Waals surface area contributed by atoms with Crippen LogP contribution in [0.15, 0.2) is 36.4 Å². The third kappa shape index (κ3) is 8.21. The Balaban J connectivity index is 1.52. The van der Waals surface area contributed by atoms with E-state index in [-0.39, 0.29) is 51.3 Å². The fourth-order valence-corrected chi connectivity index (χ4v) is 4.90. The number of carboxylic acid groups (broad SMARTS) is 1. The fourth-order valence-electron chi connectivity index (χ4n) is 4.90. The molecule has 1 aromatic carbocycles. The van der Waals surface area contributed by atoms with Crippen LogP contribution in [0, 0.1) is 0 Å². The Bertz CT molecular complexity index is 1240. The van der Waals surface area contributed by atoms with Gasteiger partial charge in [0.2, 0.25) is 5.91 Å². The zero-order chi connectivity index (χ0) is 29.4. The largest absolute Gasteiger partial charge is 0.481 e. The minimum Gasteiger partial charge on any atom is -0.481 e. The quantitative estimate of drug-likeness (QED) is 0.376. The number of β-amino-alcohol motifs (C(OH)–C–C–N with tert-alkyl or cyclic N) is 1. The van der Waals surface area contributed by atoms with Crippen LogP contribution in [-0.2, 0) is 20.9 Å². The van der Waals surface area contributed by atoms with E-state index < -0.39 is 36.0 Å². The molecule has 2 aliphatic heterocycles. The monoisotopic (exact) mass is 568 g/mol. The van der Waals surface area contributed by atoms with Crippen LogP contribution in [0.3, 0.4) is 0 Å².